The first kappa shape index (κ1) is 42.8. The minimum atomic E-state index is -1.10. The van der Waals surface area contributed by atoms with Gasteiger partial charge in [-0.15, -0.1) is 0 Å². The van der Waals surface area contributed by atoms with Gasteiger partial charge in [0, 0.05) is 0 Å². The Labute approximate surface area is 273 Å². The number of hydrogen-bond donors (Lipinski definition) is 4. The summed E-state index contributed by atoms with van der Waals surface area (Å²) in [6.07, 6.45) is 40.5. The molecule has 0 saturated heterocycles. The highest BCUT2D eigenvalue weighted by molar-refractivity contribution is 5.80. The summed E-state index contributed by atoms with van der Waals surface area (Å²) in [5, 5.41) is 32.9. The molecule has 0 aliphatic heterocycles. The van der Waals surface area contributed by atoms with Gasteiger partial charge in [0.15, 0.2) is 0 Å². The van der Waals surface area contributed by atoms with Crippen LogP contribution in [0.2, 0.25) is 0 Å². The van der Waals surface area contributed by atoms with Crippen molar-refractivity contribution in [3.8, 4) is 0 Å². The van der Waals surface area contributed by atoms with Crippen molar-refractivity contribution in [3.63, 3.8) is 0 Å². The number of allylic oxidation sites excluding steroid dienone is 3. The molecule has 4 N–H and O–H groups in total. The molecule has 0 aromatic rings. The van der Waals surface area contributed by atoms with Crippen molar-refractivity contribution in [2.45, 2.75) is 212 Å². The molecular formula is C39H75NO4. The predicted octanol–water partition coefficient (Wildman–Crippen LogP) is 10.3. The van der Waals surface area contributed by atoms with Crippen molar-refractivity contribution in [1.29, 1.82) is 0 Å². The topological polar surface area (TPSA) is 89.8 Å². The number of aliphatic hydroxyl groups is 3. The molecule has 0 fully saturated rings. The quantitative estimate of drug-likeness (QED) is 0.0425. The monoisotopic (exact) mass is 622 g/mol. The van der Waals surface area contributed by atoms with Gasteiger partial charge in [0.1, 0.15) is 6.10 Å². The van der Waals surface area contributed by atoms with Gasteiger partial charge in [-0.25, -0.2) is 0 Å². The molecule has 5 nitrogen and oxygen atoms in total. The second kappa shape index (κ2) is 34.7. The van der Waals surface area contributed by atoms with Gasteiger partial charge in [-0.2, -0.15) is 0 Å². The fraction of sp³-hybridized carbons (Fsp3) is 0.872. The van der Waals surface area contributed by atoms with Gasteiger partial charge in [0.05, 0.1) is 18.8 Å². The third-order valence-corrected chi connectivity index (χ3v) is 8.79. The van der Waals surface area contributed by atoms with Gasteiger partial charge in [0.2, 0.25) is 5.91 Å². The van der Waals surface area contributed by atoms with Crippen molar-refractivity contribution >= 4 is 5.91 Å². The normalized spacial score (nSPS) is 14.0. The lowest BCUT2D eigenvalue weighted by Gasteiger charge is -2.21. The molecule has 0 saturated carbocycles. The Morgan fingerprint density at radius 1 is 0.545 bits per heavy atom. The van der Waals surface area contributed by atoms with Crippen molar-refractivity contribution in [2.75, 3.05) is 6.61 Å². The summed E-state index contributed by atoms with van der Waals surface area (Å²) in [4.78, 5) is 12.4. The molecule has 0 spiro atoms. The van der Waals surface area contributed by atoms with Gasteiger partial charge < -0.3 is 20.6 Å². The van der Waals surface area contributed by atoms with Crippen LogP contribution in [0.15, 0.2) is 24.3 Å². The van der Waals surface area contributed by atoms with Crippen molar-refractivity contribution in [2.24, 2.45) is 0 Å². The number of nitrogens with one attached hydrogen (secondary N) is 1. The average Bonchev–Trinajstić information content (AvgIpc) is 3.03. The van der Waals surface area contributed by atoms with Crippen LogP contribution in [-0.2, 0) is 4.79 Å². The van der Waals surface area contributed by atoms with Crippen LogP contribution in [0, 0.1) is 0 Å². The number of carbonyl (C=O) groups excluding carboxylic acids is 1. The zero-order chi connectivity index (χ0) is 32.4. The number of amides is 1. The zero-order valence-corrected chi connectivity index (χ0v) is 29.3. The van der Waals surface area contributed by atoms with E-state index in [0.717, 1.165) is 38.5 Å². The van der Waals surface area contributed by atoms with E-state index in [1.165, 1.54) is 135 Å². The van der Waals surface area contributed by atoms with Crippen molar-refractivity contribution in [1.82, 2.24) is 5.32 Å². The summed E-state index contributed by atoms with van der Waals surface area (Å²) in [5.41, 5.74) is 0. The molecule has 0 aliphatic rings. The maximum atomic E-state index is 12.4. The molecule has 3 atom stereocenters. The fourth-order valence-electron chi connectivity index (χ4n) is 5.73. The summed E-state index contributed by atoms with van der Waals surface area (Å²) < 4.78 is 0. The molecule has 0 bridgehead atoms. The molecule has 0 unspecified atom stereocenters. The number of rotatable bonds is 34. The van der Waals surface area contributed by atoms with E-state index in [0.29, 0.717) is 6.42 Å². The number of hydrogen-bond acceptors (Lipinski definition) is 4. The highest BCUT2D eigenvalue weighted by Gasteiger charge is 2.22. The third-order valence-electron chi connectivity index (χ3n) is 8.79. The standard InChI is InChI=1S/C39H75NO4/c1-3-5-7-9-11-13-15-17-18-19-20-22-24-26-28-30-32-34-38(43)39(44)40-36(35-41)37(42)33-31-29-27-25-23-21-16-14-12-10-8-6-4-2/h23,25,31,33,36-38,41-43H,3-22,24,26-30,32,34-35H2,1-2H3,(H,40,44)/b25-23+,33-31+/t36-,37+,38-/m0/s1. The molecule has 0 radical (unpaired) electrons. The molecule has 0 aromatic heterocycles. The van der Waals surface area contributed by atoms with Gasteiger partial charge >= 0.3 is 0 Å². The van der Waals surface area contributed by atoms with Crippen LogP contribution in [0.3, 0.4) is 0 Å². The first-order valence-corrected chi connectivity index (χ1v) is 19.2. The number of carbonyl (C=O) groups is 1. The van der Waals surface area contributed by atoms with E-state index in [1.807, 2.05) is 6.08 Å². The average molecular weight is 622 g/mol. The van der Waals surface area contributed by atoms with Gasteiger partial charge in [-0.05, 0) is 32.1 Å². The molecular weight excluding hydrogens is 546 g/mol. The Bertz CT molecular complexity index is 650. The van der Waals surface area contributed by atoms with E-state index < -0.39 is 24.2 Å². The Morgan fingerprint density at radius 3 is 1.39 bits per heavy atom. The van der Waals surface area contributed by atoms with E-state index >= 15 is 0 Å². The first-order valence-electron chi connectivity index (χ1n) is 19.2. The third kappa shape index (κ3) is 29.5. The second-order valence-electron chi connectivity index (χ2n) is 13.1. The highest BCUT2D eigenvalue weighted by Crippen LogP contribution is 2.15. The minimum Gasteiger partial charge on any atom is -0.394 e. The lowest BCUT2D eigenvalue weighted by atomic mass is 10.0. The predicted molar refractivity (Wildman–Crippen MR) is 190 cm³/mol. The summed E-state index contributed by atoms with van der Waals surface area (Å²) >= 11 is 0. The summed E-state index contributed by atoms with van der Waals surface area (Å²) in [6.45, 7) is 4.15. The largest absolute Gasteiger partial charge is 0.394 e. The maximum Gasteiger partial charge on any atom is 0.249 e. The van der Waals surface area contributed by atoms with Crippen LogP contribution in [0.5, 0.6) is 0 Å². The van der Waals surface area contributed by atoms with Crippen LogP contribution < -0.4 is 5.32 Å². The lowest BCUT2D eigenvalue weighted by Crippen LogP contribution is -2.48. The summed E-state index contributed by atoms with van der Waals surface area (Å²) in [5.74, 6) is -0.513. The van der Waals surface area contributed by atoms with Gasteiger partial charge in [-0.1, -0.05) is 186 Å². The molecule has 260 valence electrons. The van der Waals surface area contributed by atoms with E-state index in [1.54, 1.807) is 6.08 Å². The van der Waals surface area contributed by atoms with Crippen LogP contribution in [-0.4, -0.2) is 46.1 Å². The molecule has 0 rings (SSSR count). The van der Waals surface area contributed by atoms with Crippen LogP contribution in [0.1, 0.15) is 194 Å². The molecule has 0 heterocycles. The van der Waals surface area contributed by atoms with Crippen LogP contribution in [0.4, 0.5) is 0 Å². The van der Waals surface area contributed by atoms with Gasteiger partial charge in [-0.3, -0.25) is 4.79 Å². The Hall–Kier alpha value is -1.17. The van der Waals surface area contributed by atoms with Gasteiger partial charge in [0.25, 0.3) is 0 Å². The highest BCUT2D eigenvalue weighted by atomic mass is 16.3. The van der Waals surface area contributed by atoms with E-state index in [4.69, 9.17) is 0 Å². The molecule has 44 heavy (non-hydrogen) atoms. The number of unbranched alkanes of at least 4 members (excludes halogenated alkanes) is 24. The van der Waals surface area contributed by atoms with Crippen molar-refractivity contribution in [3.05, 3.63) is 24.3 Å². The molecule has 5 heteroatoms. The maximum absolute atomic E-state index is 12.4. The van der Waals surface area contributed by atoms with Crippen LogP contribution >= 0.6 is 0 Å². The summed E-state index contributed by atoms with van der Waals surface area (Å²) in [6, 6.07) is -0.809. The first-order chi connectivity index (χ1) is 21.6. The minimum absolute atomic E-state index is 0.374. The smallest absolute Gasteiger partial charge is 0.249 e. The zero-order valence-electron chi connectivity index (χ0n) is 29.3. The number of aliphatic hydroxyl groups excluding tert-OH is 3. The molecule has 0 aliphatic carbocycles. The molecule has 0 aromatic carbocycles. The molecule has 1 amide bonds. The van der Waals surface area contributed by atoms with Crippen molar-refractivity contribution < 1.29 is 20.1 Å². The van der Waals surface area contributed by atoms with Crippen LogP contribution in [0.25, 0.3) is 0 Å². The van der Waals surface area contributed by atoms with E-state index in [2.05, 4.69) is 31.3 Å². The SMILES string of the molecule is CCCCCCCCC/C=C/CC/C=C/[C@@H](O)[C@H](CO)NC(=O)[C@@H](O)CCCCCCCCCCCCCCCCCCC. The Balaban J connectivity index is 3.74. The summed E-state index contributed by atoms with van der Waals surface area (Å²) in [7, 11) is 0. The fourth-order valence-corrected chi connectivity index (χ4v) is 5.73. The lowest BCUT2D eigenvalue weighted by molar-refractivity contribution is -0.131. The van der Waals surface area contributed by atoms with E-state index in [9.17, 15) is 20.1 Å². The Morgan fingerprint density at radius 2 is 0.932 bits per heavy atom. The second-order valence-corrected chi connectivity index (χ2v) is 13.1. The van der Waals surface area contributed by atoms with E-state index in [-0.39, 0.29) is 6.61 Å². The Kier molecular flexibility index (Phi) is 33.8.